The molecule has 100 valence electrons. The monoisotopic (exact) mass is 392 g/mol. The number of hydrogen-bond acceptors (Lipinski definition) is 1. The number of fused-ring (bicyclic) bond motifs is 1. The summed E-state index contributed by atoms with van der Waals surface area (Å²) in [4.78, 5) is 15.5. The van der Waals surface area contributed by atoms with Crippen LogP contribution in [0, 0.1) is 0 Å². The third-order valence-electron chi connectivity index (χ3n) is 3.01. The second kappa shape index (κ2) is 5.42. The van der Waals surface area contributed by atoms with Crippen LogP contribution in [0.15, 0.2) is 57.6 Å². The molecule has 2 aromatic carbocycles. The summed E-state index contributed by atoms with van der Waals surface area (Å²) < 4.78 is 1.75. The molecule has 0 aliphatic rings. The van der Waals surface area contributed by atoms with E-state index in [1.165, 1.54) is 0 Å². The number of benzene rings is 2. The number of halogens is 2. The lowest BCUT2D eigenvalue weighted by Gasteiger charge is -2.07. The number of H-pyrrole nitrogens is 1. The van der Waals surface area contributed by atoms with Gasteiger partial charge < -0.3 is 10.3 Å². The van der Waals surface area contributed by atoms with Gasteiger partial charge in [0.05, 0.1) is 11.3 Å². The summed E-state index contributed by atoms with van der Waals surface area (Å²) in [6.45, 7) is 0. The number of para-hydroxylation sites is 1. The van der Waals surface area contributed by atoms with E-state index in [9.17, 15) is 4.79 Å². The summed E-state index contributed by atoms with van der Waals surface area (Å²) in [5.41, 5.74) is 2.31. The first-order chi connectivity index (χ1) is 9.65. The van der Waals surface area contributed by atoms with Gasteiger partial charge in [-0.15, -0.1) is 0 Å². The first-order valence-electron chi connectivity index (χ1n) is 5.97. The van der Waals surface area contributed by atoms with Crippen molar-refractivity contribution in [2.24, 2.45) is 0 Å². The van der Waals surface area contributed by atoms with Gasteiger partial charge >= 0.3 is 0 Å². The minimum Gasteiger partial charge on any atom is -0.360 e. The smallest absolute Gasteiger partial charge is 0.257 e. The molecule has 3 aromatic rings. The Kier molecular flexibility index (Phi) is 3.63. The van der Waals surface area contributed by atoms with Gasteiger partial charge in [0.25, 0.3) is 5.91 Å². The van der Waals surface area contributed by atoms with Crippen LogP contribution in [0.4, 0.5) is 5.69 Å². The molecule has 1 aromatic heterocycles. The van der Waals surface area contributed by atoms with Crippen LogP contribution in [0.25, 0.3) is 10.9 Å². The van der Waals surface area contributed by atoms with Gasteiger partial charge in [0, 0.05) is 26.0 Å². The Bertz CT molecular complexity index is 795. The zero-order valence-electron chi connectivity index (χ0n) is 10.3. The van der Waals surface area contributed by atoms with Crippen LogP contribution in [0.1, 0.15) is 10.4 Å². The highest BCUT2D eigenvalue weighted by atomic mass is 79.9. The van der Waals surface area contributed by atoms with Crippen LogP contribution in [-0.2, 0) is 0 Å². The Morgan fingerprint density at radius 2 is 1.90 bits per heavy atom. The van der Waals surface area contributed by atoms with Crippen molar-refractivity contribution in [3.05, 3.63) is 63.2 Å². The molecule has 0 radical (unpaired) electrons. The van der Waals surface area contributed by atoms with E-state index >= 15 is 0 Å². The number of aromatic nitrogens is 1. The van der Waals surface area contributed by atoms with E-state index in [0.29, 0.717) is 5.56 Å². The average molecular weight is 394 g/mol. The molecule has 0 saturated carbocycles. The Morgan fingerprint density at radius 1 is 1.10 bits per heavy atom. The van der Waals surface area contributed by atoms with Gasteiger partial charge in [0.2, 0.25) is 0 Å². The van der Waals surface area contributed by atoms with Crippen LogP contribution >= 0.6 is 31.9 Å². The molecule has 3 nitrogen and oxygen atoms in total. The Labute approximate surface area is 132 Å². The molecule has 0 saturated heterocycles. The molecule has 0 fully saturated rings. The normalized spacial score (nSPS) is 10.7. The van der Waals surface area contributed by atoms with Crippen LogP contribution in [0.3, 0.4) is 0 Å². The fraction of sp³-hybridized carbons (Fsp3) is 0. The summed E-state index contributed by atoms with van der Waals surface area (Å²) in [5, 5.41) is 3.82. The van der Waals surface area contributed by atoms with Crippen molar-refractivity contribution in [2.45, 2.75) is 0 Å². The summed E-state index contributed by atoms with van der Waals surface area (Å²) in [7, 11) is 0. The average Bonchev–Trinajstić information content (AvgIpc) is 2.87. The Balaban J connectivity index is 1.95. The zero-order valence-corrected chi connectivity index (χ0v) is 13.5. The highest BCUT2D eigenvalue weighted by Crippen LogP contribution is 2.27. The second-order valence-electron chi connectivity index (χ2n) is 4.33. The van der Waals surface area contributed by atoms with Gasteiger partial charge in [-0.3, -0.25) is 4.79 Å². The van der Waals surface area contributed by atoms with E-state index in [1.807, 2.05) is 42.5 Å². The maximum absolute atomic E-state index is 12.4. The van der Waals surface area contributed by atoms with Crippen LogP contribution in [0.2, 0.25) is 0 Å². The van der Waals surface area contributed by atoms with E-state index in [-0.39, 0.29) is 5.91 Å². The summed E-state index contributed by atoms with van der Waals surface area (Å²) in [5.74, 6) is -0.138. The first-order valence-corrected chi connectivity index (χ1v) is 7.56. The van der Waals surface area contributed by atoms with E-state index in [4.69, 9.17) is 0 Å². The zero-order chi connectivity index (χ0) is 14.1. The largest absolute Gasteiger partial charge is 0.360 e. The van der Waals surface area contributed by atoms with Crippen LogP contribution < -0.4 is 5.32 Å². The fourth-order valence-electron chi connectivity index (χ4n) is 2.04. The molecule has 1 amide bonds. The highest BCUT2D eigenvalue weighted by molar-refractivity contribution is 9.11. The number of carbonyl (C=O) groups excluding carboxylic acids is 1. The van der Waals surface area contributed by atoms with Gasteiger partial charge in [-0.25, -0.2) is 0 Å². The molecule has 0 bridgehead atoms. The van der Waals surface area contributed by atoms with Gasteiger partial charge in [0.15, 0.2) is 0 Å². The van der Waals surface area contributed by atoms with E-state index in [2.05, 4.69) is 42.2 Å². The second-order valence-corrected chi connectivity index (χ2v) is 6.10. The predicted octanol–water partition coefficient (Wildman–Crippen LogP) is 4.95. The molecule has 5 heteroatoms. The Morgan fingerprint density at radius 3 is 2.75 bits per heavy atom. The maximum Gasteiger partial charge on any atom is 0.257 e. The lowest BCUT2D eigenvalue weighted by atomic mass is 10.1. The number of hydrogen-bond donors (Lipinski definition) is 2. The number of amides is 1. The van der Waals surface area contributed by atoms with Crippen molar-refractivity contribution in [3.8, 4) is 0 Å². The predicted molar refractivity (Wildman–Crippen MR) is 88.1 cm³/mol. The van der Waals surface area contributed by atoms with E-state index in [0.717, 1.165) is 25.5 Å². The molecular formula is C15H10Br2N2O. The number of nitrogens with one attached hydrogen (secondary N) is 2. The molecule has 3 rings (SSSR count). The van der Waals surface area contributed by atoms with Crippen molar-refractivity contribution >= 4 is 54.4 Å². The lowest BCUT2D eigenvalue weighted by Crippen LogP contribution is -2.11. The van der Waals surface area contributed by atoms with Crippen molar-refractivity contribution < 1.29 is 4.79 Å². The Hall–Kier alpha value is -1.59. The molecule has 20 heavy (non-hydrogen) atoms. The molecule has 0 unspecified atom stereocenters. The highest BCUT2D eigenvalue weighted by Gasteiger charge is 2.13. The summed E-state index contributed by atoms with van der Waals surface area (Å²) in [6, 6.07) is 13.4. The van der Waals surface area contributed by atoms with Crippen molar-refractivity contribution in [1.29, 1.82) is 0 Å². The van der Waals surface area contributed by atoms with Crippen molar-refractivity contribution in [1.82, 2.24) is 4.98 Å². The fourth-order valence-corrected chi connectivity index (χ4v) is 2.75. The molecule has 0 spiro atoms. The van der Waals surface area contributed by atoms with Crippen molar-refractivity contribution in [2.75, 3.05) is 5.32 Å². The van der Waals surface area contributed by atoms with Gasteiger partial charge in [-0.05, 0) is 40.2 Å². The SMILES string of the molecule is O=C(Nc1cc(Br)ccc1Br)c1c[nH]c2ccccc12. The van der Waals surface area contributed by atoms with Crippen LogP contribution in [0.5, 0.6) is 0 Å². The number of rotatable bonds is 2. The summed E-state index contributed by atoms with van der Waals surface area (Å²) >= 11 is 6.83. The van der Waals surface area contributed by atoms with Gasteiger partial charge in [0.1, 0.15) is 0 Å². The third kappa shape index (κ3) is 2.51. The molecule has 0 aliphatic carbocycles. The maximum atomic E-state index is 12.4. The minimum atomic E-state index is -0.138. The minimum absolute atomic E-state index is 0.138. The number of aromatic amines is 1. The summed E-state index contributed by atoms with van der Waals surface area (Å²) in [6.07, 6.45) is 1.73. The molecular weight excluding hydrogens is 384 g/mol. The standard InChI is InChI=1S/C15H10Br2N2O/c16-9-5-6-12(17)14(7-9)19-15(20)11-8-18-13-4-2-1-3-10(11)13/h1-8,18H,(H,19,20). The van der Waals surface area contributed by atoms with Gasteiger partial charge in [-0.1, -0.05) is 34.1 Å². The molecule has 0 aliphatic heterocycles. The number of carbonyl (C=O) groups is 1. The van der Waals surface area contributed by atoms with E-state index < -0.39 is 0 Å². The van der Waals surface area contributed by atoms with Crippen LogP contribution in [-0.4, -0.2) is 10.9 Å². The number of anilines is 1. The lowest BCUT2D eigenvalue weighted by molar-refractivity contribution is 0.102. The van der Waals surface area contributed by atoms with Crippen molar-refractivity contribution in [3.63, 3.8) is 0 Å². The van der Waals surface area contributed by atoms with E-state index in [1.54, 1.807) is 6.20 Å². The molecule has 0 atom stereocenters. The molecule has 2 N–H and O–H groups in total. The molecule has 1 heterocycles. The third-order valence-corrected chi connectivity index (χ3v) is 4.20. The topological polar surface area (TPSA) is 44.9 Å². The quantitative estimate of drug-likeness (QED) is 0.635. The first kappa shape index (κ1) is 13.4. The van der Waals surface area contributed by atoms with Gasteiger partial charge in [-0.2, -0.15) is 0 Å².